The van der Waals surface area contributed by atoms with E-state index in [0.29, 0.717) is 0 Å². The summed E-state index contributed by atoms with van der Waals surface area (Å²) >= 11 is 0. The molecule has 1 aliphatic rings. The van der Waals surface area contributed by atoms with Crippen LogP contribution in [0.4, 0.5) is 0 Å². The summed E-state index contributed by atoms with van der Waals surface area (Å²) in [4.78, 5) is 0. The highest BCUT2D eigenvalue weighted by Gasteiger charge is 2.00. The van der Waals surface area contributed by atoms with E-state index in [1.165, 1.54) is 0 Å². The maximum atomic E-state index is 5.73. The molecule has 0 N–H and O–H groups in total. The van der Waals surface area contributed by atoms with E-state index in [2.05, 4.69) is 19.1 Å². The highest BCUT2D eigenvalue weighted by Crippen LogP contribution is 2.16. The first kappa shape index (κ1) is 10.8. The normalized spacial score (nSPS) is 17.3. The molecular weight excluding hydrogens is 172 g/mol. The van der Waals surface area contributed by atoms with E-state index in [-0.39, 0.29) is 0 Å². The van der Waals surface area contributed by atoms with E-state index in [9.17, 15) is 0 Å². The van der Waals surface area contributed by atoms with Gasteiger partial charge in [0.25, 0.3) is 0 Å². The van der Waals surface area contributed by atoms with Crippen molar-refractivity contribution < 1.29 is 4.74 Å². The minimum absolute atomic E-state index is 0.926. The molecule has 0 saturated heterocycles. The van der Waals surface area contributed by atoms with Gasteiger partial charge >= 0.3 is 0 Å². The number of rotatable bonds is 4. The summed E-state index contributed by atoms with van der Waals surface area (Å²) in [5.41, 5.74) is 0. The largest absolute Gasteiger partial charge is 0.462 e. The quantitative estimate of drug-likeness (QED) is 0.479. The lowest BCUT2D eigenvalue weighted by molar-refractivity contribution is 0.305. The number of hydrogen-bond acceptors (Lipinski definition) is 1. The van der Waals surface area contributed by atoms with Crippen LogP contribution in [0, 0.1) is 0 Å². The lowest BCUT2D eigenvalue weighted by atomic mass is 10.2. The van der Waals surface area contributed by atoms with Gasteiger partial charge in [-0.05, 0) is 38.0 Å². The van der Waals surface area contributed by atoms with Crippen molar-refractivity contribution in [3.05, 3.63) is 48.0 Å². The summed E-state index contributed by atoms with van der Waals surface area (Å²) in [7, 11) is 0. The molecule has 0 aromatic rings. The minimum Gasteiger partial charge on any atom is -0.462 e. The standard InChI is InChI=1S/C13H18O/c1-3-5-9-12(4-2)14-13-10-7-6-8-11-13/h3,5,7,9-11H,4,6,8H2,1-2H3/b5-3-,12-9+. The van der Waals surface area contributed by atoms with Crippen LogP contribution in [-0.2, 0) is 4.74 Å². The molecule has 0 fully saturated rings. The second-order valence-electron chi connectivity index (χ2n) is 3.20. The van der Waals surface area contributed by atoms with E-state index >= 15 is 0 Å². The molecule has 0 unspecified atom stereocenters. The molecule has 0 amide bonds. The van der Waals surface area contributed by atoms with Gasteiger partial charge in [-0.15, -0.1) is 0 Å². The molecule has 1 rings (SSSR count). The Hall–Kier alpha value is -1.24. The van der Waals surface area contributed by atoms with Crippen molar-refractivity contribution in [1.29, 1.82) is 0 Å². The van der Waals surface area contributed by atoms with Crippen LogP contribution in [0.25, 0.3) is 0 Å². The van der Waals surface area contributed by atoms with Gasteiger partial charge in [-0.1, -0.05) is 25.2 Å². The van der Waals surface area contributed by atoms with Crippen LogP contribution in [0.3, 0.4) is 0 Å². The molecule has 0 atom stereocenters. The van der Waals surface area contributed by atoms with Crippen LogP contribution >= 0.6 is 0 Å². The summed E-state index contributed by atoms with van der Waals surface area (Å²) in [6.45, 7) is 4.10. The third-order valence-corrected chi connectivity index (χ3v) is 2.03. The van der Waals surface area contributed by atoms with Crippen molar-refractivity contribution in [3.63, 3.8) is 0 Å². The molecule has 1 aliphatic carbocycles. The van der Waals surface area contributed by atoms with E-state index in [4.69, 9.17) is 4.74 Å². The van der Waals surface area contributed by atoms with Crippen molar-refractivity contribution in [1.82, 2.24) is 0 Å². The molecule has 0 heterocycles. The SMILES string of the molecule is C/C=C\C=C(/CC)OC1=CCCC=C1. The molecule has 0 aliphatic heterocycles. The highest BCUT2D eigenvalue weighted by atomic mass is 16.5. The first-order chi connectivity index (χ1) is 6.86. The van der Waals surface area contributed by atoms with Gasteiger partial charge in [-0.2, -0.15) is 0 Å². The summed E-state index contributed by atoms with van der Waals surface area (Å²) in [6.07, 6.45) is 15.5. The van der Waals surface area contributed by atoms with E-state index in [0.717, 1.165) is 30.8 Å². The van der Waals surface area contributed by atoms with E-state index in [1.54, 1.807) is 0 Å². The van der Waals surface area contributed by atoms with Crippen molar-refractivity contribution in [2.75, 3.05) is 0 Å². The fourth-order valence-corrected chi connectivity index (χ4v) is 1.24. The van der Waals surface area contributed by atoms with Gasteiger partial charge in [0, 0.05) is 6.42 Å². The summed E-state index contributed by atoms with van der Waals surface area (Å²) in [5, 5.41) is 0. The lowest BCUT2D eigenvalue weighted by Crippen LogP contribution is -1.92. The molecule has 1 nitrogen and oxygen atoms in total. The van der Waals surface area contributed by atoms with Crippen molar-refractivity contribution in [2.24, 2.45) is 0 Å². The van der Waals surface area contributed by atoms with E-state index < -0.39 is 0 Å². The first-order valence-corrected chi connectivity index (χ1v) is 5.23. The maximum Gasteiger partial charge on any atom is 0.122 e. The van der Waals surface area contributed by atoms with Gasteiger partial charge in [0.2, 0.25) is 0 Å². The monoisotopic (exact) mass is 190 g/mol. The molecule has 14 heavy (non-hydrogen) atoms. The smallest absolute Gasteiger partial charge is 0.122 e. The zero-order valence-corrected chi connectivity index (χ0v) is 8.99. The van der Waals surface area contributed by atoms with Gasteiger partial charge in [0.1, 0.15) is 11.5 Å². The second kappa shape index (κ2) is 6.25. The maximum absolute atomic E-state index is 5.73. The molecule has 0 bridgehead atoms. The number of hydrogen-bond donors (Lipinski definition) is 0. The molecule has 0 radical (unpaired) electrons. The van der Waals surface area contributed by atoms with E-state index in [1.807, 2.05) is 31.2 Å². The Morgan fingerprint density at radius 1 is 1.50 bits per heavy atom. The Morgan fingerprint density at radius 2 is 2.36 bits per heavy atom. The Labute approximate surface area is 86.5 Å². The Bertz CT molecular complexity index is 280. The molecule has 76 valence electrons. The molecule has 0 spiro atoms. The molecular formula is C13H18O. The van der Waals surface area contributed by atoms with Gasteiger partial charge in [0.05, 0.1) is 0 Å². The fourth-order valence-electron chi connectivity index (χ4n) is 1.24. The first-order valence-electron chi connectivity index (χ1n) is 5.23. The van der Waals surface area contributed by atoms with Gasteiger partial charge in [0.15, 0.2) is 0 Å². The van der Waals surface area contributed by atoms with Crippen molar-refractivity contribution in [2.45, 2.75) is 33.1 Å². The Morgan fingerprint density at radius 3 is 2.93 bits per heavy atom. The molecule has 0 saturated carbocycles. The van der Waals surface area contributed by atoms with Crippen LogP contribution in [0.2, 0.25) is 0 Å². The summed E-state index contributed by atoms with van der Waals surface area (Å²) in [5.74, 6) is 2.00. The third-order valence-electron chi connectivity index (χ3n) is 2.03. The Balaban J connectivity index is 2.56. The second-order valence-corrected chi connectivity index (χ2v) is 3.20. The Kier molecular flexibility index (Phi) is 4.84. The van der Waals surface area contributed by atoms with Gasteiger partial charge in [-0.25, -0.2) is 0 Å². The van der Waals surface area contributed by atoms with Gasteiger partial charge in [-0.3, -0.25) is 0 Å². The number of allylic oxidation sites excluding steroid dienone is 7. The minimum atomic E-state index is 0.926. The van der Waals surface area contributed by atoms with Gasteiger partial charge < -0.3 is 4.74 Å². The van der Waals surface area contributed by atoms with Crippen molar-refractivity contribution in [3.8, 4) is 0 Å². The molecule has 1 heteroatoms. The predicted octanol–water partition coefficient (Wildman–Crippen LogP) is 4.11. The topological polar surface area (TPSA) is 9.23 Å². The summed E-state index contributed by atoms with van der Waals surface area (Å²) < 4.78 is 5.73. The van der Waals surface area contributed by atoms with Crippen LogP contribution in [0.5, 0.6) is 0 Å². The average Bonchev–Trinajstić information content (AvgIpc) is 2.25. The third kappa shape index (κ3) is 3.65. The fraction of sp³-hybridized carbons (Fsp3) is 0.385. The predicted molar refractivity (Wildman–Crippen MR) is 60.7 cm³/mol. The number of ether oxygens (including phenoxy) is 1. The van der Waals surface area contributed by atoms with Crippen LogP contribution < -0.4 is 0 Å². The summed E-state index contributed by atoms with van der Waals surface area (Å²) in [6, 6.07) is 0. The van der Waals surface area contributed by atoms with Crippen LogP contribution in [0.1, 0.15) is 33.1 Å². The van der Waals surface area contributed by atoms with Crippen LogP contribution in [-0.4, -0.2) is 0 Å². The zero-order chi connectivity index (χ0) is 10.2. The molecule has 0 aromatic heterocycles. The molecule has 0 aromatic carbocycles. The van der Waals surface area contributed by atoms with Crippen molar-refractivity contribution >= 4 is 0 Å². The zero-order valence-electron chi connectivity index (χ0n) is 8.99. The van der Waals surface area contributed by atoms with Crippen LogP contribution in [0.15, 0.2) is 48.0 Å². The average molecular weight is 190 g/mol. The highest BCUT2D eigenvalue weighted by molar-refractivity contribution is 5.19. The lowest BCUT2D eigenvalue weighted by Gasteiger charge is -2.10.